The minimum Gasteiger partial charge on any atom is -0.336 e. The molecule has 4 N–H and O–H groups in total. The molecular weight excluding hydrogens is 257 g/mol. The molecule has 0 aliphatic rings. The number of aryl methyl sites for hydroxylation is 1. The fraction of sp³-hybridized carbons (Fsp3) is 0.0909. The molecule has 0 radical (unpaired) electrons. The Kier molecular flexibility index (Phi) is 3.59. The van der Waals surface area contributed by atoms with E-state index in [2.05, 4.69) is 20.7 Å². The number of anilines is 3. The summed E-state index contributed by atoms with van der Waals surface area (Å²) in [6, 6.07) is 4.76. The van der Waals surface area contributed by atoms with E-state index in [1.807, 2.05) is 0 Å². The summed E-state index contributed by atoms with van der Waals surface area (Å²) in [6.45, 7) is 1.78. The van der Waals surface area contributed by atoms with Gasteiger partial charge >= 0.3 is 0 Å². The second-order valence-electron chi connectivity index (χ2n) is 3.59. The fourth-order valence-electron chi connectivity index (χ4n) is 1.43. The Morgan fingerprint density at radius 2 is 2.17 bits per heavy atom. The predicted molar refractivity (Wildman–Crippen MR) is 69.3 cm³/mol. The SMILES string of the molecule is Cc1cccc(F)c1Nc1nc(NN)ncc1Cl. The average Bonchev–Trinajstić information content (AvgIpc) is 2.36. The van der Waals surface area contributed by atoms with Crippen molar-refractivity contribution in [3.05, 3.63) is 40.8 Å². The number of halogens is 2. The van der Waals surface area contributed by atoms with Crippen molar-refractivity contribution in [3.63, 3.8) is 0 Å². The normalized spacial score (nSPS) is 10.2. The molecule has 0 amide bonds. The number of benzene rings is 1. The van der Waals surface area contributed by atoms with Crippen LogP contribution in [0.1, 0.15) is 5.56 Å². The summed E-state index contributed by atoms with van der Waals surface area (Å²) >= 11 is 5.93. The van der Waals surface area contributed by atoms with Gasteiger partial charge in [0.05, 0.1) is 11.9 Å². The lowest BCUT2D eigenvalue weighted by Gasteiger charge is -2.11. The van der Waals surface area contributed by atoms with Crippen LogP contribution in [0.4, 0.5) is 21.8 Å². The zero-order chi connectivity index (χ0) is 13.1. The number of nitrogens with two attached hydrogens (primary N) is 1. The second-order valence-corrected chi connectivity index (χ2v) is 4.00. The molecule has 1 heterocycles. The first-order valence-corrected chi connectivity index (χ1v) is 5.51. The highest BCUT2D eigenvalue weighted by atomic mass is 35.5. The fourth-order valence-corrected chi connectivity index (χ4v) is 1.57. The van der Waals surface area contributed by atoms with Crippen LogP contribution < -0.4 is 16.6 Å². The third-order valence-corrected chi connectivity index (χ3v) is 2.62. The van der Waals surface area contributed by atoms with Crippen LogP contribution in [0.3, 0.4) is 0 Å². The van der Waals surface area contributed by atoms with Crippen LogP contribution in [-0.4, -0.2) is 9.97 Å². The summed E-state index contributed by atoms with van der Waals surface area (Å²) in [5.41, 5.74) is 3.36. The molecule has 0 aliphatic carbocycles. The van der Waals surface area contributed by atoms with E-state index in [1.54, 1.807) is 19.1 Å². The van der Waals surface area contributed by atoms with Crippen LogP contribution in [0, 0.1) is 12.7 Å². The zero-order valence-electron chi connectivity index (χ0n) is 9.54. The molecule has 0 saturated heterocycles. The van der Waals surface area contributed by atoms with Crippen molar-refractivity contribution in [3.8, 4) is 0 Å². The van der Waals surface area contributed by atoms with Gasteiger partial charge in [-0.2, -0.15) is 4.98 Å². The molecular formula is C11H11ClFN5. The van der Waals surface area contributed by atoms with Gasteiger partial charge in [-0.1, -0.05) is 23.7 Å². The Morgan fingerprint density at radius 1 is 1.39 bits per heavy atom. The minimum absolute atomic E-state index is 0.191. The van der Waals surface area contributed by atoms with Crippen LogP contribution in [0.15, 0.2) is 24.4 Å². The monoisotopic (exact) mass is 267 g/mol. The molecule has 0 spiro atoms. The summed E-state index contributed by atoms with van der Waals surface area (Å²) in [5, 5.41) is 3.10. The highest BCUT2D eigenvalue weighted by molar-refractivity contribution is 6.32. The van der Waals surface area contributed by atoms with Crippen molar-refractivity contribution in [2.75, 3.05) is 10.7 Å². The average molecular weight is 268 g/mol. The lowest BCUT2D eigenvalue weighted by atomic mass is 10.2. The van der Waals surface area contributed by atoms with E-state index in [1.165, 1.54) is 12.3 Å². The Hall–Kier alpha value is -1.92. The third kappa shape index (κ3) is 2.49. The predicted octanol–water partition coefficient (Wildman–Crippen LogP) is 2.61. The van der Waals surface area contributed by atoms with Gasteiger partial charge in [0.2, 0.25) is 5.95 Å². The molecule has 0 atom stereocenters. The van der Waals surface area contributed by atoms with Gasteiger partial charge in [-0.25, -0.2) is 15.2 Å². The number of rotatable bonds is 3. The number of nitrogens with one attached hydrogen (secondary N) is 2. The number of hydrogen-bond donors (Lipinski definition) is 3. The number of nitrogens with zero attached hydrogens (tertiary/aromatic N) is 2. The molecule has 94 valence electrons. The molecule has 0 unspecified atom stereocenters. The highest BCUT2D eigenvalue weighted by Crippen LogP contribution is 2.27. The van der Waals surface area contributed by atoms with E-state index in [4.69, 9.17) is 17.4 Å². The summed E-state index contributed by atoms with van der Waals surface area (Å²) < 4.78 is 13.7. The molecule has 0 saturated carbocycles. The first-order chi connectivity index (χ1) is 8.61. The zero-order valence-corrected chi connectivity index (χ0v) is 10.3. The smallest absolute Gasteiger partial charge is 0.239 e. The van der Waals surface area contributed by atoms with Gasteiger partial charge in [-0.15, -0.1) is 0 Å². The number of nitrogen functional groups attached to an aromatic ring is 1. The van der Waals surface area contributed by atoms with Gasteiger partial charge < -0.3 is 5.32 Å². The maximum Gasteiger partial charge on any atom is 0.239 e. The molecule has 2 rings (SSSR count). The van der Waals surface area contributed by atoms with Gasteiger partial charge in [0.25, 0.3) is 0 Å². The van der Waals surface area contributed by atoms with E-state index in [0.29, 0.717) is 5.69 Å². The third-order valence-electron chi connectivity index (χ3n) is 2.34. The van der Waals surface area contributed by atoms with Crippen molar-refractivity contribution in [2.45, 2.75) is 6.92 Å². The molecule has 5 nitrogen and oxygen atoms in total. The molecule has 2 aromatic rings. The first-order valence-electron chi connectivity index (χ1n) is 5.13. The van der Waals surface area contributed by atoms with Crippen molar-refractivity contribution < 1.29 is 4.39 Å². The standard InChI is InChI=1S/C11H11ClFN5/c1-6-3-2-4-8(13)9(6)16-10-7(12)5-15-11(17-10)18-14/h2-5H,14H2,1H3,(H2,15,16,17,18). The van der Waals surface area contributed by atoms with Crippen molar-refractivity contribution in [1.29, 1.82) is 0 Å². The molecule has 1 aromatic heterocycles. The molecule has 0 aliphatic heterocycles. The largest absolute Gasteiger partial charge is 0.336 e. The van der Waals surface area contributed by atoms with Crippen LogP contribution >= 0.6 is 11.6 Å². The highest BCUT2D eigenvalue weighted by Gasteiger charge is 2.10. The van der Waals surface area contributed by atoms with Crippen molar-refractivity contribution >= 4 is 29.1 Å². The summed E-state index contributed by atoms with van der Waals surface area (Å²) in [4.78, 5) is 7.84. The summed E-state index contributed by atoms with van der Waals surface area (Å²) in [6.07, 6.45) is 1.38. The van der Waals surface area contributed by atoms with Gasteiger partial charge in [0.15, 0.2) is 5.82 Å². The molecule has 0 fully saturated rings. The van der Waals surface area contributed by atoms with Crippen LogP contribution in [0.2, 0.25) is 5.02 Å². The quantitative estimate of drug-likeness (QED) is 0.589. The Balaban J connectivity index is 2.39. The van der Waals surface area contributed by atoms with Gasteiger partial charge in [-0.05, 0) is 18.6 Å². The van der Waals surface area contributed by atoms with E-state index < -0.39 is 0 Å². The summed E-state index contributed by atoms with van der Waals surface area (Å²) in [5.74, 6) is 5.30. The molecule has 0 bridgehead atoms. The second kappa shape index (κ2) is 5.16. The Morgan fingerprint density at radius 3 is 2.83 bits per heavy atom. The topological polar surface area (TPSA) is 75.9 Å². The number of hydrogen-bond acceptors (Lipinski definition) is 5. The van der Waals surface area contributed by atoms with Crippen LogP contribution in [0.25, 0.3) is 0 Å². The van der Waals surface area contributed by atoms with E-state index in [9.17, 15) is 4.39 Å². The van der Waals surface area contributed by atoms with Crippen LogP contribution in [-0.2, 0) is 0 Å². The summed E-state index contributed by atoms with van der Waals surface area (Å²) in [7, 11) is 0. The molecule has 18 heavy (non-hydrogen) atoms. The molecule has 1 aromatic carbocycles. The van der Waals surface area contributed by atoms with Crippen molar-refractivity contribution in [1.82, 2.24) is 9.97 Å². The van der Waals surface area contributed by atoms with E-state index in [-0.39, 0.29) is 22.6 Å². The Bertz CT molecular complexity index is 555. The molecule has 7 heteroatoms. The maximum absolute atomic E-state index is 13.7. The van der Waals surface area contributed by atoms with Crippen LogP contribution in [0.5, 0.6) is 0 Å². The van der Waals surface area contributed by atoms with Crippen molar-refractivity contribution in [2.24, 2.45) is 5.84 Å². The number of aromatic nitrogens is 2. The lowest BCUT2D eigenvalue weighted by molar-refractivity contribution is 0.631. The first kappa shape index (κ1) is 12.5. The lowest BCUT2D eigenvalue weighted by Crippen LogP contribution is -2.11. The van der Waals surface area contributed by atoms with Gasteiger partial charge in [0.1, 0.15) is 10.8 Å². The van der Waals surface area contributed by atoms with Gasteiger partial charge in [0, 0.05) is 0 Å². The number of hydrazine groups is 1. The minimum atomic E-state index is -0.382. The van der Waals surface area contributed by atoms with Gasteiger partial charge in [-0.3, -0.25) is 5.43 Å². The maximum atomic E-state index is 13.7. The van der Waals surface area contributed by atoms with E-state index >= 15 is 0 Å². The number of para-hydroxylation sites is 1. The van der Waals surface area contributed by atoms with E-state index in [0.717, 1.165) is 5.56 Å². The Labute approximate surface area is 108 Å².